The molecule has 5 N–H and O–H groups in total. The third-order valence-electron chi connectivity index (χ3n) is 1.79. The van der Waals surface area contributed by atoms with E-state index in [0.29, 0.717) is 13.0 Å². The van der Waals surface area contributed by atoms with Gasteiger partial charge < -0.3 is 16.8 Å². The molecule has 1 amide bonds. The van der Waals surface area contributed by atoms with Gasteiger partial charge in [-0.15, -0.1) is 0 Å². The Labute approximate surface area is 66.3 Å². The Morgan fingerprint density at radius 3 is 2.73 bits per heavy atom. The number of hydrogen-bond donors (Lipinski definition) is 3. The number of rotatable bonds is 4. The van der Waals surface area contributed by atoms with E-state index in [0.717, 1.165) is 12.8 Å². The van der Waals surface area contributed by atoms with E-state index < -0.39 is 0 Å². The normalized spacial score (nSPS) is 28.2. The summed E-state index contributed by atoms with van der Waals surface area (Å²) >= 11 is 0. The third kappa shape index (κ3) is 2.86. The van der Waals surface area contributed by atoms with Gasteiger partial charge in [0.1, 0.15) is 0 Å². The van der Waals surface area contributed by atoms with Gasteiger partial charge in [0.2, 0.25) is 5.91 Å². The molecule has 4 heteroatoms. The van der Waals surface area contributed by atoms with Gasteiger partial charge in [0, 0.05) is 18.5 Å². The summed E-state index contributed by atoms with van der Waals surface area (Å²) in [6, 6.07) is 0.428. The fourth-order valence-electron chi connectivity index (χ4n) is 0.922. The second kappa shape index (κ2) is 3.69. The minimum absolute atomic E-state index is 0.0772. The highest BCUT2D eigenvalue weighted by molar-refractivity contribution is 5.76. The lowest BCUT2D eigenvalue weighted by Crippen LogP contribution is -2.29. The highest BCUT2D eigenvalue weighted by Crippen LogP contribution is 2.17. The second-order valence-electron chi connectivity index (χ2n) is 2.97. The molecule has 0 spiro atoms. The van der Waals surface area contributed by atoms with Crippen LogP contribution in [0.15, 0.2) is 0 Å². The summed E-state index contributed by atoms with van der Waals surface area (Å²) in [5.74, 6) is 0.0772. The molecule has 1 aliphatic carbocycles. The largest absolute Gasteiger partial charge is 0.352 e. The summed E-state index contributed by atoms with van der Waals surface area (Å²) in [5, 5.41) is 2.82. The summed E-state index contributed by atoms with van der Waals surface area (Å²) in [5.41, 5.74) is 10.7. The zero-order valence-electron chi connectivity index (χ0n) is 6.55. The minimum Gasteiger partial charge on any atom is -0.352 e. The standard InChI is InChI=1S/C7H15N3O/c8-3-1-2-7(11)10-6-4-5(6)9/h5-6H,1-4,8-9H2,(H,10,11). The fourth-order valence-corrected chi connectivity index (χ4v) is 0.922. The smallest absolute Gasteiger partial charge is 0.220 e. The molecule has 0 aromatic rings. The van der Waals surface area contributed by atoms with Crippen molar-refractivity contribution in [3.63, 3.8) is 0 Å². The monoisotopic (exact) mass is 157 g/mol. The summed E-state index contributed by atoms with van der Waals surface area (Å²) in [6.45, 7) is 0.574. The van der Waals surface area contributed by atoms with Crippen molar-refractivity contribution in [3.8, 4) is 0 Å². The molecule has 64 valence electrons. The van der Waals surface area contributed by atoms with E-state index in [9.17, 15) is 4.79 Å². The van der Waals surface area contributed by atoms with Crippen LogP contribution in [0.3, 0.4) is 0 Å². The predicted octanol–water partition coefficient (Wildman–Crippen LogP) is -1.06. The Hall–Kier alpha value is -0.610. The number of carbonyl (C=O) groups excluding carboxylic acids is 1. The predicted molar refractivity (Wildman–Crippen MR) is 42.8 cm³/mol. The van der Waals surface area contributed by atoms with Crippen molar-refractivity contribution < 1.29 is 4.79 Å². The van der Waals surface area contributed by atoms with E-state index in [1.165, 1.54) is 0 Å². The third-order valence-corrected chi connectivity index (χ3v) is 1.79. The molecule has 0 aromatic carbocycles. The minimum atomic E-state index is 0.0772. The first-order valence-electron chi connectivity index (χ1n) is 3.99. The fraction of sp³-hybridized carbons (Fsp3) is 0.857. The maximum absolute atomic E-state index is 11.0. The van der Waals surface area contributed by atoms with Crippen LogP contribution in [0, 0.1) is 0 Å². The molecule has 11 heavy (non-hydrogen) atoms. The number of nitrogens with two attached hydrogens (primary N) is 2. The highest BCUT2D eigenvalue weighted by atomic mass is 16.1. The molecular weight excluding hydrogens is 142 g/mol. The van der Waals surface area contributed by atoms with Crippen LogP contribution in [0.1, 0.15) is 19.3 Å². The zero-order valence-corrected chi connectivity index (χ0v) is 6.55. The molecule has 1 rings (SSSR count). The van der Waals surface area contributed by atoms with E-state index in [1.54, 1.807) is 0 Å². The molecule has 0 radical (unpaired) electrons. The Kier molecular flexibility index (Phi) is 2.84. The van der Waals surface area contributed by atoms with Crippen LogP contribution in [0.25, 0.3) is 0 Å². The van der Waals surface area contributed by atoms with Gasteiger partial charge in [-0.05, 0) is 19.4 Å². The van der Waals surface area contributed by atoms with Crippen molar-refractivity contribution in [2.75, 3.05) is 6.54 Å². The number of hydrogen-bond acceptors (Lipinski definition) is 3. The first-order valence-corrected chi connectivity index (χ1v) is 3.99. The van der Waals surface area contributed by atoms with Crippen molar-refractivity contribution >= 4 is 5.91 Å². The van der Waals surface area contributed by atoms with Crippen molar-refractivity contribution in [1.82, 2.24) is 5.32 Å². The molecule has 0 bridgehead atoms. The van der Waals surface area contributed by atoms with E-state index >= 15 is 0 Å². The van der Waals surface area contributed by atoms with Crippen LogP contribution < -0.4 is 16.8 Å². The SMILES string of the molecule is NCCCC(=O)NC1CC1N. The quantitative estimate of drug-likeness (QED) is 0.486. The molecule has 0 aromatic heterocycles. The molecule has 1 aliphatic rings. The Balaban J connectivity index is 2.02. The lowest BCUT2D eigenvalue weighted by atomic mass is 10.3. The second-order valence-corrected chi connectivity index (χ2v) is 2.97. The summed E-state index contributed by atoms with van der Waals surface area (Å²) in [7, 11) is 0. The van der Waals surface area contributed by atoms with Crippen molar-refractivity contribution in [2.45, 2.75) is 31.3 Å². The molecule has 0 aliphatic heterocycles. The molecule has 2 atom stereocenters. The summed E-state index contributed by atoms with van der Waals surface area (Å²) < 4.78 is 0. The molecule has 2 unspecified atom stereocenters. The van der Waals surface area contributed by atoms with Crippen molar-refractivity contribution in [1.29, 1.82) is 0 Å². The topological polar surface area (TPSA) is 81.1 Å². The van der Waals surface area contributed by atoms with Gasteiger partial charge in [0.25, 0.3) is 0 Å². The van der Waals surface area contributed by atoms with Crippen LogP contribution >= 0.6 is 0 Å². The number of amides is 1. The maximum Gasteiger partial charge on any atom is 0.220 e. The first-order chi connectivity index (χ1) is 5.24. The van der Waals surface area contributed by atoms with E-state index in [-0.39, 0.29) is 18.0 Å². The Bertz CT molecular complexity index is 149. The van der Waals surface area contributed by atoms with Gasteiger partial charge in [-0.25, -0.2) is 0 Å². The lowest BCUT2D eigenvalue weighted by Gasteiger charge is -2.01. The van der Waals surface area contributed by atoms with Gasteiger partial charge in [0.05, 0.1) is 0 Å². The highest BCUT2D eigenvalue weighted by Gasteiger charge is 2.34. The number of nitrogens with one attached hydrogen (secondary N) is 1. The van der Waals surface area contributed by atoms with Gasteiger partial charge in [-0.3, -0.25) is 4.79 Å². The first kappa shape index (κ1) is 8.49. The van der Waals surface area contributed by atoms with E-state index in [4.69, 9.17) is 11.5 Å². The molecular formula is C7H15N3O. The van der Waals surface area contributed by atoms with Crippen LogP contribution in [-0.2, 0) is 4.79 Å². The van der Waals surface area contributed by atoms with Crippen LogP contribution in [0.5, 0.6) is 0 Å². The molecule has 1 fully saturated rings. The van der Waals surface area contributed by atoms with Gasteiger partial charge in [0.15, 0.2) is 0 Å². The van der Waals surface area contributed by atoms with Crippen LogP contribution in [0.2, 0.25) is 0 Å². The van der Waals surface area contributed by atoms with Crippen LogP contribution in [-0.4, -0.2) is 24.5 Å². The number of carbonyl (C=O) groups is 1. The van der Waals surface area contributed by atoms with Crippen molar-refractivity contribution in [2.24, 2.45) is 11.5 Å². The summed E-state index contributed by atoms with van der Waals surface area (Å²) in [6.07, 6.45) is 2.21. The lowest BCUT2D eigenvalue weighted by molar-refractivity contribution is -0.121. The molecule has 4 nitrogen and oxygen atoms in total. The summed E-state index contributed by atoms with van der Waals surface area (Å²) in [4.78, 5) is 11.0. The van der Waals surface area contributed by atoms with Crippen LogP contribution in [0.4, 0.5) is 0 Å². The molecule has 1 saturated carbocycles. The van der Waals surface area contributed by atoms with E-state index in [2.05, 4.69) is 5.32 Å². The zero-order chi connectivity index (χ0) is 8.27. The Morgan fingerprint density at radius 1 is 1.64 bits per heavy atom. The van der Waals surface area contributed by atoms with Gasteiger partial charge >= 0.3 is 0 Å². The maximum atomic E-state index is 11.0. The van der Waals surface area contributed by atoms with Gasteiger partial charge in [-0.2, -0.15) is 0 Å². The average Bonchev–Trinajstić information content (AvgIpc) is 2.62. The molecule has 0 heterocycles. The average molecular weight is 157 g/mol. The molecule has 0 saturated heterocycles. The Morgan fingerprint density at radius 2 is 2.27 bits per heavy atom. The van der Waals surface area contributed by atoms with Crippen molar-refractivity contribution in [3.05, 3.63) is 0 Å². The van der Waals surface area contributed by atoms with Gasteiger partial charge in [-0.1, -0.05) is 0 Å². The van der Waals surface area contributed by atoms with E-state index in [1.807, 2.05) is 0 Å².